The Bertz CT molecular complexity index is 418. The van der Waals surface area contributed by atoms with Gasteiger partial charge in [-0.2, -0.15) is 0 Å². The van der Waals surface area contributed by atoms with Crippen molar-refractivity contribution in [3.63, 3.8) is 0 Å². The maximum Gasteiger partial charge on any atom is 0.373 e. The topological polar surface area (TPSA) is 105 Å². The van der Waals surface area contributed by atoms with Crippen molar-refractivity contribution in [2.45, 2.75) is 32.1 Å². The second kappa shape index (κ2) is 4.51. The molecule has 0 atom stereocenters. The highest BCUT2D eigenvalue weighted by molar-refractivity contribution is 6.33. The summed E-state index contributed by atoms with van der Waals surface area (Å²) in [5.74, 6) is 0.479. The second-order valence-electron chi connectivity index (χ2n) is 6.23. The van der Waals surface area contributed by atoms with Crippen LogP contribution in [0.15, 0.2) is 5.10 Å². The molecule has 4 bridgehead atoms. The normalized spacial score (nSPS) is 40.2. The highest BCUT2D eigenvalue weighted by Gasteiger charge is 2.50. The molecular weight excluding hydrogens is 246 g/mol. The number of nitrogens with two attached hydrogens (primary N) is 1. The Morgan fingerprint density at radius 3 is 2.05 bits per heavy atom. The second-order valence-corrected chi connectivity index (χ2v) is 6.23. The summed E-state index contributed by atoms with van der Waals surface area (Å²) in [6.07, 6.45) is 5.91. The molecule has 4 fully saturated rings. The molecule has 4 aliphatic carbocycles. The Morgan fingerprint density at radius 1 is 1.05 bits per heavy atom. The van der Waals surface area contributed by atoms with Gasteiger partial charge < -0.3 is 10.8 Å². The average Bonchev–Trinajstić information content (AvgIpc) is 2.34. The van der Waals surface area contributed by atoms with E-state index in [9.17, 15) is 9.59 Å². The number of carboxylic acid groups (broad SMARTS) is 1. The van der Waals surface area contributed by atoms with E-state index in [4.69, 9.17) is 10.8 Å². The third-order valence-electron chi connectivity index (χ3n) is 5.04. The first kappa shape index (κ1) is 12.4. The Kier molecular flexibility index (Phi) is 2.95. The fourth-order valence-corrected chi connectivity index (χ4v) is 4.59. The fourth-order valence-electron chi connectivity index (χ4n) is 4.59. The van der Waals surface area contributed by atoms with Crippen LogP contribution in [0, 0.1) is 29.6 Å². The smallest absolute Gasteiger partial charge is 0.373 e. The highest BCUT2D eigenvalue weighted by atomic mass is 16.4. The van der Waals surface area contributed by atoms with Crippen LogP contribution in [0.4, 0.5) is 0 Å². The monoisotopic (exact) mass is 265 g/mol. The summed E-state index contributed by atoms with van der Waals surface area (Å²) in [6, 6.07) is 0. The number of hydrogen-bond acceptors (Lipinski definition) is 3. The largest absolute Gasteiger partial charge is 0.475 e. The zero-order chi connectivity index (χ0) is 13.6. The standard InChI is InChI=1S/C13H19N3O3/c14-11(13(18)19)15-16-12(17)10-8-2-6-1-7(4-8)5-9(10)3-6/h6-10H,1-5H2,(H2,14,15)(H,16,17)(H,18,19). The van der Waals surface area contributed by atoms with Gasteiger partial charge in [0, 0.05) is 5.92 Å². The lowest BCUT2D eigenvalue weighted by molar-refractivity contribution is -0.138. The zero-order valence-corrected chi connectivity index (χ0v) is 10.7. The van der Waals surface area contributed by atoms with Crippen molar-refractivity contribution >= 4 is 17.7 Å². The van der Waals surface area contributed by atoms with E-state index >= 15 is 0 Å². The molecule has 4 aliphatic rings. The number of carboxylic acids is 1. The van der Waals surface area contributed by atoms with E-state index in [2.05, 4.69) is 10.5 Å². The van der Waals surface area contributed by atoms with E-state index in [-0.39, 0.29) is 11.8 Å². The van der Waals surface area contributed by atoms with E-state index < -0.39 is 11.8 Å². The van der Waals surface area contributed by atoms with Crippen LogP contribution < -0.4 is 11.2 Å². The molecule has 0 unspecified atom stereocenters. The van der Waals surface area contributed by atoms with Crippen LogP contribution in [0.2, 0.25) is 0 Å². The van der Waals surface area contributed by atoms with E-state index in [1.807, 2.05) is 0 Å². The molecule has 0 aliphatic heterocycles. The molecule has 6 heteroatoms. The lowest BCUT2D eigenvalue weighted by Gasteiger charge is -2.53. The maximum atomic E-state index is 12.2. The van der Waals surface area contributed by atoms with E-state index in [1.165, 1.54) is 6.42 Å². The predicted octanol–water partition coefficient (Wildman–Crippen LogP) is 0.532. The van der Waals surface area contributed by atoms with Crippen LogP contribution in [-0.2, 0) is 9.59 Å². The summed E-state index contributed by atoms with van der Waals surface area (Å²) in [7, 11) is 0. The van der Waals surface area contributed by atoms with Gasteiger partial charge in [-0.15, -0.1) is 5.10 Å². The third kappa shape index (κ3) is 2.19. The van der Waals surface area contributed by atoms with Gasteiger partial charge in [-0.3, -0.25) is 4.79 Å². The number of nitrogens with zero attached hydrogens (tertiary/aromatic N) is 1. The first-order chi connectivity index (χ1) is 9.04. The van der Waals surface area contributed by atoms with Crippen LogP contribution in [-0.4, -0.2) is 22.8 Å². The summed E-state index contributed by atoms with van der Waals surface area (Å²) < 4.78 is 0. The molecule has 0 aromatic heterocycles. The van der Waals surface area contributed by atoms with Gasteiger partial charge in [0.25, 0.3) is 0 Å². The first-order valence-electron chi connectivity index (χ1n) is 6.91. The van der Waals surface area contributed by atoms with Gasteiger partial charge in [0.2, 0.25) is 11.7 Å². The fraction of sp³-hybridized carbons (Fsp3) is 0.769. The highest BCUT2D eigenvalue weighted by Crippen LogP contribution is 2.56. The first-order valence-corrected chi connectivity index (χ1v) is 6.91. The molecule has 0 aromatic rings. The quantitative estimate of drug-likeness (QED) is 0.385. The van der Waals surface area contributed by atoms with Gasteiger partial charge in [-0.25, -0.2) is 10.2 Å². The SMILES string of the molecule is N/C(=N\NC(=O)C1C2CC3CC(C2)CC1C3)C(=O)O. The van der Waals surface area contributed by atoms with Gasteiger partial charge >= 0.3 is 5.97 Å². The minimum atomic E-state index is -1.31. The minimum Gasteiger partial charge on any atom is -0.475 e. The van der Waals surface area contributed by atoms with Crippen molar-refractivity contribution in [3.05, 3.63) is 0 Å². The van der Waals surface area contributed by atoms with Crippen molar-refractivity contribution in [2.24, 2.45) is 40.4 Å². The number of carbonyl (C=O) groups is 2. The van der Waals surface area contributed by atoms with Crippen LogP contribution in [0.1, 0.15) is 32.1 Å². The molecule has 0 saturated heterocycles. The van der Waals surface area contributed by atoms with Gasteiger partial charge in [-0.1, -0.05) is 0 Å². The number of amides is 1. The molecule has 19 heavy (non-hydrogen) atoms. The molecule has 1 amide bonds. The molecule has 0 heterocycles. The van der Waals surface area contributed by atoms with E-state index in [0.29, 0.717) is 11.8 Å². The molecular formula is C13H19N3O3. The summed E-state index contributed by atoms with van der Waals surface area (Å²) >= 11 is 0. The Labute approximate surface area is 111 Å². The van der Waals surface area contributed by atoms with Crippen LogP contribution in [0.5, 0.6) is 0 Å². The number of aliphatic carboxylic acids is 1. The molecule has 0 aromatic carbocycles. The van der Waals surface area contributed by atoms with Crippen LogP contribution in [0.3, 0.4) is 0 Å². The van der Waals surface area contributed by atoms with E-state index in [1.54, 1.807) is 0 Å². The maximum absolute atomic E-state index is 12.2. The number of rotatable bonds is 2. The van der Waals surface area contributed by atoms with Crippen molar-refractivity contribution in [2.75, 3.05) is 0 Å². The van der Waals surface area contributed by atoms with Gasteiger partial charge in [0.15, 0.2) is 0 Å². The average molecular weight is 265 g/mol. The molecule has 104 valence electrons. The molecule has 4 rings (SSSR count). The minimum absolute atomic E-state index is 0.00172. The summed E-state index contributed by atoms with van der Waals surface area (Å²) in [5.41, 5.74) is 7.51. The number of nitrogens with one attached hydrogen (secondary N) is 1. The predicted molar refractivity (Wildman–Crippen MR) is 67.9 cm³/mol. The van der Waals surface area contributed by atoms with Crippen LogP contribution in [0.25, 0.3) is 0 Å². The number of hydrazone groups is 1. The molecule has 6 nitrogen and oxygen atoms in total. The van der Waals surface area contributed by atoms with Crippen molar-refractivity contribution < 1.29 is 14.7 Å². The third-order valence-corrected chi connectivity index (χ3v) is 5.04. The summed E-state index contributed by atoms with van der Waals surface area (Å²) in [4.78, 5) is 22.7. The summed E-state index contributed by atoms with van der Waals surface area (Å²) in [5, 5.41) is 12.1. The zero-order valence-electron chi connectivity index (χ0n) is 10.7. The lowest BCUT2D eigenvalue weighted by Crippen LogP contribution is -2.50. The Balaban J connectivity index is 1.67. The number of amidine groups is 1. The Hall–Kier alpha value is -1.59. The van der Waals surface area contributed by atoms with Gasteiger partial charge in [0.05, 0.1) is 0 Å². The lowest BCUT2D eigenvalue weighted by atomic mass is 9.52. The van der Waals surface area contributed by atoms with Gasteiger partial charge in [0.1, 0.15) is 0 Å². The van der Waals surface area contributed by atoms with Crippen molar-refractivity contribution in [1.29, 1.82) is 0 Å². The molecule has 0 radical (unpaired) electrons. The molecule has 0 spiro atoms. The van der Waals surface area contributed by atoms with Crippen molar-refractivity contribution in [1.82, 2.24) is 5.43 Å². The van der Waals surface area contributed by atoms with Crippen LogP contribution >= 0.6 is 0 Å². The number of hydrogen-bond donors (Lipinski definition) is 3. The molecule has 4 saturated carbocycles. The van der Waals surface area contributed by atoms with Gasteiger partial charge in [-0.05, 0) is 55.8 Å². The number of carbonyl (C=O) groups excluding carboxylic acids is 1. The van der Waals surface area contributed by atoms with Crippen molar-refractivity contribution in [3.8, 4) is 0 Å². The molecule has 4 N–H and O–H groups in total. The van der Waals surface area contributed by atoms with E-state index in [0.717, 1.165) is 37.5 Å². The summed E-state index contributed by atoms with van der Waals surface area (Å²) in [6.45, 7) is 0. The Morgan fingerprint density at radius 2 is 1.58 bits per heavy atom.